The van der Waals surface area contributed by atoms with Crippen LogP contribution in [0.4, 0.5) is 17.1 Å². The number of fused-ring (bicyclic) bond motifs is 9. The SMILES string of the molecule is c1ccc(-c2cccc3cccc(-c4cccc(N(c5ccc6c(c5)oc5cc(C78CCC(CC7)C8)ccc56)c5cccc6c5sc5ccccc56)c4)c23)cc1. The number of thiophene rings is 1. The average Bonchev–Trinajstić information content (AvgIpc) is 4.06. The summed E-state index contributed by atoms with van der Waals surface area (Å²) in [6.45, 7) is 0. The summed E-state index contributed by atoms with van der Waals surface area (Å²) in [5.74, 6) is 0.908. The minimum atomic E-state index is 0.347. The number of hydrogen-bond donors (Lipinski definition) is 0. The van der Waals surface area contributed by atoms with E-state index in [9.17, 15) is 0 Å². The highest BCUT2D eigenvalue weighted by Gasteiger charge is 2.46. The highest BCUT2D eigenvalue weighted by Crippen LogP contribution is 2.56. The van der Waals surface area contributed by atoms with Crippen molar-refractivity contribution in [2.45, 2.75) is 37.5 Å². The lowest BCUT2D eigenvalue weighted by Gasteiger charge is -2.27. The molecular weight excluding hydrogens is 699 g/mol. The maximum absolute atomic E-state index is 6.83. The number of benzene rings is 8. The van der Waals surface area contributed by atoms with E-state index in [2.05, 4.69) is 175 Å². The summed E-state index contributed by atoms with van der Waals surface area (Å²) < 4.78 is 9.40. The average molecular weight is 738 g/mol. The topological polar surface area (TPSA) is 16.4 Å². The Kier molecular flexibility index (Phi) is 7.13. The second-order valence-corrected chi connectivity index (χ2v) is 17.2. The van der Waals surface area contributed by atoms with E-state index in [4.69, 9.17) is 4.42 Å². The predicted molar refractivity (Wildman–Crippen MR) is 238 cm³/mol. The Balaban J connectivity index is 1.05. The van der Waals surface area contributed by atoms with Crippen LogP contribution in [0, 0.1) is 5.92 Å². The molecule has 3 heteroatoms. The van der Waals surface area contributed by atoms with Gasteiger partial charge in [-0.1, -0.05) is 121 Å². The van der Waals surface area contributed by atoms with E-state index in [1.165, 1.54) is 102 Å². The van der Waals surface area contributed by atoms with Crippen LogP contribution in [-0.2, 0) is 5.41 Å². The van der Waals surface area contributed by atoms with Crippen molar-refractivity contribution in [1.29, 1.82) is 0 Å². The molecule has 0 aliphatic heterocycles. The lowest BCUT2D eigenvalue weighted by molar-refractivity contribution is 0.419. The maximum atomic E-state index is 6.83. The van der Waals surface area contributed by atoms with Crippen LogP contribution < -0.4 is 4.90 Å². The van der Waals surface area contributed by atoms with Gasteiger partial charge < -0.3 is 9.32 Å². The van der Waals surface area contributed by atoms with Crippen molar-refractivity contribution in [3.63, 3.8) is 0 Å². The monoisotopic (exact) mass is 737 g/mol. The van der Waals surface area contributed by atoms with Crippen LogP contribution in [0.1, 0.15) is 37.7 Å². The minimum absolute atomic E-state index is 0.347. The molecule has 0 N–H and O–H groups in total. The molecule has 0 saturated heterocycles. The van der Waals surface area contributed by atoms with Crippen LogP contribution in [0.15, 0.2) is 174 Å². The lowest BCUT2D eigenvalue weighted by atomic mass is 9.77. The Labute approximate surface area is 330 Å². The van der Waals surface area contributed by atoms with Crippen LogP contribution in [0.5, 0.6) is 0 Å². The maximum Gasteiger partial charge on any atom is 0.137 e. The molecule has 2 aliphatic carbocycles. The van der Waals surface area contributed by atoms with Gasteiger partial charge in [-0.2, -0.15) is 0 Å². The van der Waals surface area contributed by atoms with Crippen LogP contribution in [0.25, 0.3) is 75.1 Å². The van der Waals surface area contributed by atoms with Crippen molar-refractivity contribution in [3.8, 4) is 22.3 Å². The first-order valence-corrected chi connectivity index (χ1v) is 20.9. The normalized spacial score (nSPS) is 17.9. The third-order valence-electron chi connectivity index (χ3n) is 13.1. The van der Waals surface area contributed by atoms with Gasteiger partial charge in [0.05, 0.1) is 10.4 Å². The summed E-state index contributed by atoms with van der Waals surface area (Å²) in [4.78, 5) is 2.44. The highest BCUT2D eigenvalue weighted by molar-refractivity contribution is 7.26. The van der Waals surface area contributed by atoms with E-state index in [0.29, 0.717) is 5.41 Å². The summed E-state index contributed by atoms with van der Waals surface area (Å²) in [6.07, 6.45) is 6.72. The molecular formula is C53H39NOS. The van der Waals surface area contributed by atoms with Gasteiger partial charge in [-0.25, -0.2) is 0 Å². The van der Waals surface area contributed by atoms with Gasteiger partial charge in [0.1, 0.15) is 11.2 Å². The van der Waals surface area contributed by atoms with Gasteiger partial charge in [0.2, 0.25) is 0 Å². The molecule has 268 valence electrons. The number of hydrogen-bond acceptors (Lipinski definition) is 3. The fraction of sp³-hybridized carbons (Fsp3) is 0.132. The third kappa shape index (κ3) is 4.93. The first-order valence-electron chi connectivity index (χ1n) is 20.0. The van der Waals surface area contributed by atoms with Gasteiger partial charge in [-0.3, -0.25) is 0 Å². The molecule has 0 amide bonds. The van der Waals surface area contributed by atoms with Crippen molar-refractivity contribution >= 4 is 81.3 Å². The number of anilines is 3. The largest absolute Gasteiger partial charge is 0.456 e. The molecule has 2 bridgehead atoms. The Hall–Kier alpha value is -6.16. The first kappa shape index (κ1) is 32.1. The summed E-state index contributed by atoms with van der Waals surface area (Å²) in [5, 5.41) is 7.45. The van der Waals surface area contributed by atoms with Gasteiger partial charge in [-0.05, 0) is 124 Å². The van der Waals surface area contributed by atoms with Crippen LogP contribution in [-0.4, -0.2) is 0 Å². The molecule has 8 aromatic carbocycles. The second-order valence-electron chi connectivity index (χ2n) is 16.1. The van der Waals surface area contributed by atoms with E-state index in [1.54, 1.807) is 0 Å². The molecule has 0 spiro atoms. The van der Waals surface area contributed by atoms with E-state index in [-0.39, 0.29) is 0 Å². The molecule has 2 nitrogen and oxygen atoms in total. The van der Waals surface area contributed by atoms with Crippen molar-refractivity contribution in [2.75, 3.05) is 4.90 Å². The predicted octanol–water partition coefficient (Wildman–Crippen LogP) is 15.7. The minimum Gasteiger partial charge on any atom is -0.456 e. The molecule has 10 aromatic rings. The Morgan fingerprint density at radius 3 is 2.04 bits per heavy atom. The zero-order chi connectivity index (χ0) is 36.8. The van der Waals surface area contributed by atoms with E-state index in [1.807, 2.05) is 11.3 Å². The van der Waals surface area contributed by atoms with E-state index < -0.39 is 0 Å². The van der Waals surface area contributed by atoms with E-state index in [0.717, 1.165) is 34.1 Å². The summed E-state index contributed by atoms with van der Waals surface area (Å²) in [5.41, 5.74) is 12.0. The number of furan rings is 1. The molecule has 56 heavy (non-hydrogen) atoms. The molecule has 2 fully saturated rings. The Morgan fingerprint density at radius 2 is 1.21 bits per heavy atom. The molecule has 0 atom stereocenters. The van der Waals surface area contributed by atoms with Crippen molar-refractivity contribution in [2.24, 2.45) is 5.92 Å². The lowest BCUT2D eigenvalue weighted by Crippen LogP contribution is -2.19. The molecule has 2 aromatic heterocycles. The smallest absolute Gasteiger partial charge is 0.137 e. The number of nitrogens with zero attached hydrogens (tertiary/aromatic N) is 1. The fourth-order valence-electron chi connectivity index (χ4n) is 10.4. The first-order chi connectivity index (χ1) is 27.7. The highest BCUT2D eigenvalue weighted by atomic mass is 32.1. The van der Waals surface area contributed by atoms with Gasteiger partial charge in [0, 0.05) is 43.7 Å². The molecule has 2 aliphatic rings. The van der Waals surface area contributed by atoms with Crippen LogP contribution in [0.2, 0.25) is 0 Å². The van der Waals surface area contributed by atoms with Gasteiger partial charge >= 0.3 is 0 Å². The molecule has 2 heterocycles. The zero-order valence-electron chi connectivity index (χ0n) is 31.0. The molecule has 0 unspecified atom stereocenters. The standard InChI is InChI=1S/C53H39NOS/c1-2-10-35(11-3-1)41-17-7-12-36-13-8-18-42(51(36)41)37-14-6-15-39(30-37)54(47-20-9-19-46-45-16-4-5-21-50(45)56-52(46)47)40-23-25-44-43-24-22-38(31-48(43)55-49(44)32-40)53-28-26-34(33-53)27-29-53/h1-25,30-32,34H,26-29,33H2. The van der Waals surface area contributed by atoms with Crippen LogP contribution >= 0.6 is 11.3 Å². The zero-order valence-corrected chi connectivity index (χ0v) is 31.9. The van der Waals surface area contributed by atoms with Crippen molar-refractivity contribution < 1.29 is 4.42 Å². The molecule has 12 rings (SSSR count). The quantitative estimate of drug-likeness (QED) is 0.169. The summed E-state index contributed by atoms with van der Waals surface area (Å²) in [6, 6.07) is 62.6. The van der Waals surface area contributed by atoms with Crippen LogP contribution in [0.3, 0.4) is 0 Å². The summed E-state index contributed by atoms with van der Waals surface area (Å²) >= 11 is 1.87. The van der Waals surface area contributed by atoms with Crippen molar-refractivity contribution in [1.82, 2.24) is 0 Å². The third-order valence-corrected chi connectivity index (χ3v) is 14.3. The Bertz CT molecular complexity index is 3140. The molecule has 2 saturated carbocycles. The second kappa shape index (κ2) is 12.4. The molecule has 0 radical (unpaired) electrons. The fourth-order valence-corrected chi connectivity index (χ4v) is 11.6. The van der Waals surface area contributed by atoms with E-state index >= 15 is 0 Å². The van der Waals surface area contributed by atoms with Gasteiger partial charge in [0.25, 0.3) is 0 Å². The van der Waals surface area contributed by atoms with Gasteiger partial charge in [0.15, 0.2) is 0 Å². The number of rotatable bonds is 6. The Morgan fingerprint density at radius 1 is 0.536 bits per heavy atom. The van der Waals surface area contributed by atoms with Crippen molar-refractivity contribution in [3.05, 3.63) is 175 Å². The summed E-state index contributed by atoms with van der Waals surface area (Å²) in [7, 11) is 0. The van der Waals surface area contributed by atoms with Gasteiger partial charge in [-0.15, -0.1) is 11.3 Å².